The molecule has 0 saturated heterocycles. The molecule has 138 valence electrons. The molecular weight excluding hydrogens is 432 g/mol. The number of benzene rings is 1. The van der Waals surface area contributed by atoms with Crippen molar-refractivity contribution in [2.45, 2.75) is 78.1 Å². The molecule has 4 heteroatoms. The molecule has 0 aliphatic carbocycles. The Hall–Kier alpha value is -0.220. The Bertz CT molecular complexity index is 409. The highest BCUT2D eigenvalue weighted by Crippen LogP contribution is 2.36. The van der Waals surface area contributed by atoms with Gasteiger partial charge in [-0.25, -0.2) is 0 Å². The third-order valence-electron chi connectivity index (χ3n) is 4.00. The van der Waals surface area contributed by atoms with Crippen molar-refractivity contribution in [3.63, 3.8) is 0 Å². The van der Waals surface area contributed by atoms with Crippen molar-refractivity contribution in [2.75, 3.05) is 13.2 Å². The van der Waals surface area contributed by atoms with Gasteiger partial charge in [0, 0.05) is 8.95 Å². The van der Waals surface area contributed by atoms with Gasteiger partial charge in [-0.15, -0.1) is 0 Å². The summed E-state index contributed by atoms with van der Waals surface area (Å²) in [6.45, 7) is 5.98. The summed E-state index contributed by atoms with van der Waals surface area (Å²) in [7, 11) is 0. The van der Waals surface area contributed by atoms with Gasteiger partial charge < -0.3 is 9.47 Å². The predicted octanol–water partition coefficient (Wildman–Crippen LogP) is 7.91. The Morgan fingerprint density at radius 3 is 1.38 bits per heavy atom. The average Bonchev–Trinajstić information content (AvgIpc) is 2.57. The second-order valence-corrected chi connectivity index (χ2v) is 7.95. The lowest BCUT2D eigenvalue weighted by Gasteiger charge is -2.14. The van der Waals surface area contributed by atoms with Crippen molar-refractivity contribution >= 4 is 31.9 Å². The van der Waals surface area contributed by atoms with Crippen LogP contribution in [-0.2, 0) is 0 Å². The van der Waals surface area contributed by atoms with Crippen molar-refractivity contribution in [3.8, 4) is 11.5 Å². The first-order valence-corrected chi connectivity index (χ1v) is 11.0. The van der Waals surface area contributed by atoms with E-state index in [1.165, 1.54) is 51.4 Å². The maximum atomic E-state index is 5.97. The molecule has 0 fully saturated rings. The minimum atomic E-state index is 0.755. The van der Waals surface area contributed by atoms with Crippen LogP contribution in [0.1, 0.15) is 78.1 Å². The molecule has 1 aromatic carbocycles. The molecule has 1 rings (SSSR count). The summed E-state index contributed by atoms with van der Waals surface area (Å²) in [6.07, 6.45) is 12.4. The highest BCUT2D eigenvalue weighted by molar-refractivity contribution is 9.13. The summed E-state index contributed by atoms with van der Waals surface area (Å²) in [4.78, 5) is 0. The van der Waals surface area contributed by atoms with Crippen molar-refractivity contribution in [2.24, 2.45) is 0 Å². The number of ether oxygens (including phenoxy) is 2. The summed E-state index contributed by atoms with van der Waals surface area (Å²) in [6, 6.07) is 4.01. The van der Waals surface area contributed by atoms with E-state index in [2.05, 4.69) is 45.7 Å². The van der Waals surface area contributed by atoms with Crippen LogP contribution in [0.15, 0.2) is 21.1 Å². The van der Waals surface area contributed by atoms with Crippen molar-refractivity contribution in [1.82, 2.24) is 0 Å². The van der Waals surface area contributed by atoms with Crippen LogP contribution < -0.4 is 9.47 Å². The third-order valence-corrected chi connectivity index (χ3v) is 5.84. The Morgan fingerprint density at radius 1 is 0.625 bits per heavy atom. The molecule has 24 heavy (non-hydrogen) atoms. The normalized spacial score (nSPS) is 10.8. The Morgan fingerprint density at radius 2 is 1.00 bits per heavy atom. The molecule has 0 saturated carbocycles. The van der Waals surface area contributed by atoms with Gasteiger partial charge in [-0.2, -0.15) is 0 Å². The van der Waals surface area contributed by atoms with Crippen LogP contribution in [0.2, 0.25) is 0 Å². The van der Waals surface area contributed by atoms with E-state index in [0.717, 1.165) is 46.5 Å². The van der Waals surface area contributed by atoms with E-state index in [0.29, 0.717) is 0 Å². The molecule has 0 N–H and O–H groups in total. The molecule has 2 nitrogen and oxygen atoms in total. The largest absolute Gasteiger partial charge is 0.490 e. The van der Waals surface area contributed by atoms with Gasteiger partial charge in [0.15, 0.2) is 11.5 Å². The van der Waals surface area contributed by atoms with E-state index in [1.807, 2.05) is 12.1 Å². The van der Waals surface area contributed by atoms with Gasteiger partial charge in [0.25, 0.3) is 0 Å². The summed E-state index contributed by atoms with van der Waals surface area (Å²) >= 11 is 7.10. The minimum absolute atomic E-state index is 0.755. The highest BCUT2D eigenvalue weighted by Gasteiger charge is 2.10. The zero-order valence-electron chi connectivity index (χ0n) is 15.2. The molecule has 0 atom stereocenters. The van der Waals surface area contributed by atoms with Crippen LogP contribution in [0.3, 0.4) is 0 Å². The molecule has 0 heterocycles. The van der Waals surface area contributed by atoms with Crippen LogP contribution >= 0.6 is 31.9 Å². The van der Waals surface area contributed by atoms with E-state index in [1.54, 1.807) is 0 Å². The molecule has 0 radical (unpaired) electrons. The van der Waals surface area contributed by atoms with Crippen LogP contribution in [0.5, 0.6) is 11.5 Å². The van der Waals surface area contributed by atoms with E-state index >= 15 is 0 Å². The van der Waals surface area contributed by atoms with Crippen LogP contribution in [0, 0.1) is 0 Å². The fourth-order valence-corrected chi connectivity index (χ4v) is 3.16. The summed E-state index contributed by atoms with van der Waals surface area (Å²) in [5.41, 5.74) is 0. The van der Waals surface area contributed by atoms with E-state index < -0.39 is 0 Å². The highest BCUT2D eigenvalue weighted by atomic mass is 79.9. The molecular formula is C20H32Br2O2. The first kappa shape index (κ1) is 21.8. The minimum Gasteiger partial charge on any atom is -0.490 e. The lowest BCUT2D eigenvalue weighted by molar-refractivity contribution is 0.258. The maximum Gasteiger partial charge on any atom is 0.162 e. The maximum absolute atomic E-state index is 5.97. The Kier molecular flexibility index (Phi) is 12.7. The van der Waals surface area contributed by atoms with Gasteiger partial charge in [-0.05, 0) is 56.8 Å². The smallest absolute Gasteiger partial charge is 0.162 e. The number of unbranched alkanes of at least 4 members (excludes halogenated alkanes) is 8. The van der Waals surface area contributed by atoms with Gasteiger partial charge in [-0.1, -0.05) is 65.2 Å². The van der Waals surface area contributed by atoms with Crippen molar-refractivity contribution in [1.29, 1.82) is 0 Å². The topological polar surface area (TPSA) is 18.5 Å². The molecule has 0 spiro atoms. The molecule has 0 aliphatic rings. The lowest BCUT2D eigenvalue weighted by atomic mass is 10.2. The zero-order chi connectivity index (χ0) is 17.6. The predicted molar refractivity (Wildman–Crippen MR) is 110 cm³/mol. The molecule has 0 bridgehead atoms. The summed E-state index contributed by atoms with van der Waals surface area (Å²) in [5, 5.41) is 0. The fourth-order valence-electron chi connectivity index (χ4n) is 2.51. The van der Waals surface area contributed by atoms with Crippen molar-refractivity contribution < 1.29 is 9.47 Å². The Labute approximate surface area is 165 Å². The number of hydrogen-bond acceptors (Lipinski definition) is 2. The quantitative estimate of drug-likeness (QED) is 0.261. The van der Waals surface area contributed by atoms with Gasteiger partial charge >= 0.3 is 0 Å². The summed E-state index contributed by atoms with van der Waals surface area (Å²) in [5.74, 6) is 1.68. The molecule has 1 aromatic rings. The molecule has 0 aromatic heterocycles. The number of halogens is 2. The second kappa shape index (κ2) is 14.0. The van der Waals surface area contributed by atoms with Crippen molar-refractivity contribution in [3.05, 3.63) is 21.1 Å². The Balaban J connectivity index is 2.42. The monoisotopic (exact) mass is 462 g/mol. The van der Waals surface area contributed by atoms with Gasteiger partial charge in [0.2, 0.25) is 0 Å². The second-order valence-electron chi connectivity index (χ2n) is 6.24. The van der Waals surface area contributed by atoms with Crippen LogP contribution in [0.25, 0.3) is 0 Å². The first-order chi connectivity index (χ1) is 11.7. The fraction of sp³-hybridized carbons (Fsp3) is 0.700. The lowest BCUT2D eigenvalue weighted by Crippen LogP contribution is -2.03. The molecule has 0 aliphatic heterocycles. The number of rotatable bonds is 14. The van der Waals surface area contributed by atoms with Crippen LogP contribution in [0.4, 0.5) is 0 Å². The van der Waals surface area contributed by atoms with E-state index in [-0.39, 0.29) is 0 Å². The van der Waals surface area contributed by atoms with Gasteiger partial charge in [0.05, 0.1) is 13.2 Å². The third kappa shape index (κ3) is 9.31. The zero-order valence-corrected chi connectivity index (χ0v) is 18.4. The standard InChI is InChI=1S/C20H32Br2O2/c1-3-5-7-9-11-13-23-19-15-17(21)18(22)16-20(19)24-14-12-10-8-6-4-2/h15-16H,3-14H2,1-2H3. The SMILES string of the molecule is CCCCCCCOc1cc(Br)c(Br)cc1OCCCCCCC. The van der Waals surface area contributed by atoms with E-state index in [9.17, 15) is 0 Å². The number of hydrogen-bond donors (Lipinski definition) is 0. The summed E-state index contributed by atoms with van der Waals surface area (Å²) < 4.78 is 13.9. The van der Waals surface area contributed by atoms with Gasteiger partial charge in [0.1, 0.15) is 0 Å². The van der Waals surface area contributed by atoms with Gasteiger partial charge in [-0.3, -0.25) is 0 Å². The average molecular weight is 464 g/mol. The molecule has 0 unspecified atom stereocenters. The van der Waals surface area contributed by atoms with E-state index in [4.69, 9.17) is 9.47 Å². The van der Waals surface area contributed by atoms with Crippen LogP contribution in [-0.4, -0.2) is 13.2 Å². The molecule has 0 amide bonds. The first-order valence-electron chi connectivity index (χ1n) is 9.43.